The molecule has 0 amide bonds. The molecule has 0 saturated carbocycles. The molecule has 178 valence electrons. The second-order valence-electron chi connectivity index (χ2n) is 8.86. The van der Waals surface area contributed by atoms with Gasteiger partial charge in [-0.1, -0.05) is 24.3 Å². The summed E-state index contributed by atoms with van der Waals surface area (Å²) in [5.74, 6) is 1.30. The standard InChI is InChI=1S/C26H31N5O3/c32-25-22-7-1-2-8-23(22)26(33)31(25)18-21(34-19-20-6-5-10-27-16-20)17-29-12-14-30(15-13-29)24-9-3-4-11-28-24/h1-6,9-11,16,21,32-33H,7-8,12-15,17-19H2. The summed E-state index contributed by atoms with van der Waals surface area (Å²) >= 11 is 0. The highest BCUT2D eigenvalue weighted by Crippen LogP contribution is 2.37. The molecule has 3 aromatic rings. The number of aromatic hydroxyl groups is 2. The van der Waals surface area contributed by atoms with Crippen molar-refractivity contribution in [1.29, 1.82) is 0 Å². The summed E-state index contributed by atoms with van der Waals surface area (Å²) in [5.41, 5.74) is 2.63. The molecule has 1 aliphatic carbocycles. The minimum atomic E-state index is -0.208. The van der Waals surface area contributed by atoms with E-state index in [2.05, 4.69) is 19.8 Å². The van der Waals surface area contributed by atoms with Gasteiger partial charge < -0.3 is 19.8 Å². The summed E-state index contributed by atoms with van der Waals surface area (Å²) in [6.07, 6.45) is 10.5. The van der Waals surface area contributed by atoms with Crippen molar-refractivity contribution in [3.05, 3.63) is 77.8 Å². The number of hydrogen-bond acceptors (Lipinski definition) is 7. The third-order valence-corrected chi connectivity index (χ3v) is 6.63. The van der Waals surface area contributed by atoms with Crippen molar-refractivity contribution in [3.63, 3.8) is 0 Å². The van der Waals surface area contributed by atoms with Crippen LogP contribution in [0.25, 0.3) is 0 Å². The number of aromatic nitrogens is 3. The molecule has 0 radical (unpaired) electrons. The van der Waals surface area contributed by atoms with Gasteiger partial charge in [-0.25, -0.2) is 4.98 Å². The monoisotopic (exact) mass is 461 g/mol. The fourth-order valence-corrected chi connectivity index (χ4v) is 4.75. The SMILES string of the molecule is Oc1c2c(c(O)n1CC(CN1CCN(c3ccccn3)CC1)OCc1cccnc1)CC=CC2. The molecule has 0 spiro atoms. The molecule has 0 aromatic carbocycles. The van der Waals surface area contributed by atoms with Crippen LogP contribution in [0.2, 0.25) is 0 Å². The molecular weight excluding hydrogens is 430 g/mol. The van der Waals surface area contributed by atoms with E-state index in [0.717, 1.165) is 48.7 Å². The largest absolute Gasteiger partial charge is 0.494 e. The van der Waals surface area contributed by atoms with Crippen LogP contribution in [-0.2, 0) is 30.7 Å². The van der Waals surface area contributed by atoms with Crippen LogP contribution in [0.4, 0.5) is 5.82 Å². The highest BCUT2D eigenvalue weighted by molar-refractivity contribution is 5.49. The summed E-state index contributed by atoms with van der Waals surface area (Å²) in [6.45, 7) is 5.09. The van der Waals surface area contributed by atoms with Crippen LogP contribution in [0.3, 0.4) is 0 Å². The first-order chi connectivity index (χ1) is 16.7. The van der Waals surface area contributed by atoms with Gasteiger partial charge in [0.15, 0.2) is 11.8 Å². The first-order valence-electron chi connectivity index (χ1n) is 11.8. The fraction of sp³-hybridized carbons (Fsp3) is 0.385. The average Bonchev–Trinajstić information content (AvgIpc) is 3.14. The fourth-order valence-electron chi connectivity index (χ4n) is 4.75. The third kappa shape index (κ3) is 4.93. The first kappa shape index (κ1) is 22.4. The third-order valence-electron chi connectivity index (χ3n) is 6.63. The smallest absolute Gasteiger partial charge is 0.197 e. The van der Waals surface area contributed by atoms with E-state index >= 15 is 0 Å². The Morgan fingerprint density at radius 1 is 0.882 bits per heavy atom. The van der Waals surface area contributed by atoms with Crippen LogP contribution in [0, 0.1) is 0 Å². The molecule has 0 bridgehead atoms. The Morgan fingerprint density at radius 3 is 2.29 bits per heavy atom. The number of allylic oxidation sites excluding steroid dienone is 2. The lowest BCUT2D eigenvalue weighted by molar-refractivity contribution is 0.00191. The highest BCUT2D eigenvalue weighted by atomic mass is 16.5. The lowest BCUT2D eigenvalue weighted by Crippen LogP contribution is -2.49. The van der Waals surface area contributed by atoms with E-state index in [0.29, 0.717) is 32.5 Å². The van der Waals surface area contributed by atoms with E-state index in [1.165, 1.54) is 0 Å². The Hall–Kier alpha value is -3.36. The topological polar surface area (TPSA) is 86.9 Å². The molecule has 1 aliphatic heterocycles. The zero-order valence-electron chi connectivity index (χ0n) is 19.3. The Morgan fingerprint density at radius 2 is 1.65 bits per heavy atom. The van der Waals surface area contributed by atoms with E-state index in [1.807, 2.05) is 48.7 Å². The van der Waals surface area contributed by atoms with Crippen molar-refractivity contribution in [2.45, 2.75) is 32.1 Å². The van der Waals surface area contributed by atoms with Gasteiger partial charge in [-0.15, -0.1) is 0 Å². The number of hydrogen-bond donors (Lipinski definition) is 2. The predicted molar refractivity (Wildman–Crippen MR) is 130 cm³/mol. The van der Waals surface area contributed by atoms with Gasteiger partial charge in [0.1, 0.15) is 5.82 Å². The Bertz CT molecular complexity index is 1080. The van der Waals surface area contributed by atoms with Crippen LogP contribution in [0.15, 0.2) is 61.1 Å². The number of nitrogens with zero attached hydrogens (tertiary/aromatic N) is 5. The van der Waals surface area contributed by atoms with Crippen LogP contribution < -0.4 is 4.90 Å². The zero-order chi connectivity index (χ0) is 23.3. The molecule has 2 N–H and O–H groups in total. The Kier molecular flexibility index (Phi) is 6.78. The maximum Gasteiger partial charge on any atom is 0.197 e. The molecule has 4 heterocycles. The van der Waals surface area contributed by atoms with Gasteiger partial charge in [0.2, 0.25) is 0 Å². The van der Waals surface area contributed by atoms with Crippen molar-refractivity contribution >= 4 is 5.82 Å². The molecule has 1 unspecified atom stereocenters. The van der Waals surface area contributed by atoms with Crippen molar-refractivity contribution < 1.29 is 14.9 Å². The molecule has 8 heteroatoms. The number of anilines is 1. The van der Waals surface area contributed by atoms with Crippen LogP contribution >= 0.6 is 0 Å². The average molecular weight is 462 g/mol. The summed E-state index contributed by atoms with van der Waals surface area (Å²) in [7, 11) is 0. The van der Waals surface area contributed by atoms with Gasteiger partial charge in [0, 0.05) is 62.4 Å². The first-order valence-corrected chi connectivity index (χ1v) is 11.8. The van der Waals surface area contributed by atoms with Crippen LogP contribution in [0.5, 0.6) is 11.8 Å². The number of ether oxygens (including phenoxy) is 1. The van der Waals surface area contributed by atoms with Gasteiger partial charge in [-0.2, -0.15) is 0 Å². The van der Waals surface area contributed by atoms with Gasteiger partial charge in [0.25, 0.3) is 0 Å². The van der Waals surface area contributed by atoms with E-state index in [9.17, 15) is 10.2 Å². The van der Waals surface area contributed by atoms with Crippen LogP contribution in [-0.4, -0.2) is 68.5 Å². The Labute approximate surface area is 199 Å². The summed E-state index contributed by atoms with van der Waals surface area (Å²) in [5, 5.41) is 21.7. The maximum absolute atomic E-state index is 10.8. The minimum absolute atomic E-state index is 0.145. The lowest BCUT2D eigenvalue weighted by Gasteiger charge is -2.37. The number of pyridine rings is 2. The van der Waals surface area contributed by atoms with Crippen molar-refractivity contribution in [2.75, 3.05) is 37.6 Å². The number of piperazine rings is 1. The molecular formula is C26H31N5O3. The van der Waals surface area contributed by atoms with Crippen LogP contribution in [0.1, 0.15) is 16.7 Å². The maximum atomic E-state index is 10.8. The molecule has 34 heavy (non-hydrogen) atoms. The minimum Gasteiger partial charge on any atom is -0.494 e. The summed E-state index contributed by atoms with van der Waals surface area (Å²) in [4.78, 5) is 13.3. The summed E-state index contributed by atoms with van der Waals surface area (Å²) in [6, 6.07) is 9.88. The molecule has 5 rings (SSSR count). The van der Waals surface area contributed by atoms with E-state index in [4.69, 9.17) is 4.74 Å². The van der Waals surface area contributed by atoms with Gasteiger partial charge in [0.05, 0.1) is 19.3 Å². The quantitative estimate of drug-likeness (QED) is 0.499. The van der Waals surface area contributed by atoms with E-state index in [1.54, 1.807) is 17.0 Å². The van der Waals surface area contributed by atoms with Crippen molar-refractivity contribution in [3.8, 4) is 11.8 Å². The Balaban J connectivity index is 1.28. The highest BCUT2D eigenvalue weighted by Gasteiger charge is 2.27. The second-order valence-corrected chi connectivity index (χ2v) is 8.86. The van der Waals surface area contributed by atoms with E-state index in [-0.39, 0.29) is 17.9 Å². The number of fused-ring (bicyclic) bond motifs is 1. The molecule has 1 atom stereocenters. The van der Waals surface area contributed by atoms with Crippen molar-refractivity contribution in [2.24, 2.45) is 0 Å². The van der Waals surface area contributed by atoms with Gasteiger partial charge >= 0.3 is 0 Å². The molecule has 8 nitrogen and oxygen atoms in total. The lowest BCUT2D eigenvalue weighted by atomic mass is 10.0. The second kappa shape index (κ2) is 10.3. The molecule has 1 saturated heterocycles. The van der Waals surface area contributed by atoms with E-state index < -0.39 is 0 Å². The zero-order valence-corrected chi connectivity index (χ0v) is 19.3. The normalized spacial score (nSPS) is 17.0. The van der Waals surface area contributed by atoms with Crippen molar-refractivity contribution in [1.82, 2.24) is 19.4 Å². The van der Waals surface area contributed by atoms with Gasteiger partial charge in [-0.3, -0.25) is 14.5 Å². The number of rotatable bonds is 8. The molecule has 1 fully saturated rings. The molecule has 2 aliphatic rings. The summed E-state index contributed by atoms with van der Waals surface area (Å²) < 4.78 is 7.93. The molecule has 3 aromatic heterocycles. The van der Waals surface area contributed by atoms with Gasteiger partial charge in [-0.05, 0) is 36.6 Å². The predicted octanol–water partition coefficient (Wildman–Crippen LogP) is 2.75.